The largest absolute Gasteiger partial charge is 0.488 e. The summed E-state index contributed by atoms with van der Waals surface area (Å²) in [6, 6.07) is 14.9. The van der Waals surface area contributed by atoms with Crippen LogP contribution in [0.25, 0.3) is 11.3 Å². The number of carbonyl (C=O) groups excluding carboxylic acids is 1. The first-order valence-electron chi connectivity index (χ1n) is 7.53. The monoisotopic (exact) mass is 339 g/mol. The Bertz CT molecular complexity index is 920. The lowest BCUT2D eigenvalue weighted by Crippen LogP contribution is -2.21. The third-order valence-electron chi connectivity index (χ3n) is 3.88. The van der Waals surface area contributed by atoms with Crippen LogP contribution in [-0.4, -0.2) is 15.7 Å². The van der Waals surface area contributed by atoms with Crippen molar-refractivity contribution in [2.75, 3.05) is 5.32 Å². The molecule has 1 amide bonds. The van der Waals surface area contributed by atoms with Crippen LogP contribution in [0.5, 0.6) is 5.75 Å². The Hall–Kier alpha value is -2.79. The number of hydrogen-bond donors (Lipinski definition) is 1. The molecule has 1 aromatic heterocycles. The fraction of sp³-hybridized carbons (Fsp3) is 0.111. The molecule has 2 aromatic carbocycles. The molecule has 0 saturated carbocycles. The minimum Gasteiger partial charge on any atom is -0.488 e. The summed E-state index contributed by atoms with van der Waals surface area (Å²) in [5, 5.41) is 7.67. The minimum atomic E-state index is -0.182. The molecule has 0 fully saturated rings. The van der Waals surface area contributed by atoms with Gasteiger partial charge in [-0.05, 0) is 24.3 Å². The van der Waals surface area contributed by atoms with Crippen LogP contribution in [0, 0.1) is 0 Å². The van der Waals surface area contributed by atoms with Gasteiger partial charge < -0.3 is 10.1 Å². The number of para-hydroxylation sites is 2. The number of aromatic nitrogens is 2. The quantitative estimate of drug-likeness (QED) is 0.791. The Balaban J connectivity index is 1.60. The van der Waals surface area contributed by atoms with E-state index in [9.17, 15) is 4.79 Å². The lowest BCUT2D eigenvalue weighted by molar-refractivity contribution is -0.116. The van der Waals surface area contributed by atoms with E-state index in [1.165, 1.54) is 0 Å². The van der Waals surface area contributed by atoms with Gasteiger partial charge >= 0.3 is 0 Å². The molecule has 3 aromatic rings. The lowest BCUT2D eigenvalue weighted by Gasteiger charge is -2.19. The summed E-state index contributed by atoms with van der Waals surface area (Å²) in [5.74, 6) is 0.622. The molecule has 2 heterocycles. The predicted molar refractivity (Wildman–Crippen MR) is 92.1 cm³/mol. The summed E-state index contributed by atoms with van der Waals surface area (Å²) in [7, 11) is 0. The Labute approximate surface area is 143 Å². The van der Waals surface area contributed by atoms with Crippen molar-refractivity contribution in [3.05, 3.63) is 65.3 Å². The minimum absolute atomic E-state index is 0.106. The van der Waals surface area contributed by atoms with Crippen LogP contribution in [0.1, 0.15) is 5.56 Å². The van der Waals surface area contributed by atoms with E-state index in [1.807, 2.05) is 36.4 Å². The topological polar surface area (TPSA) is 56.2 Å². The second-order valence-corrected chi connectivity index (χ2v) is 5.90. The molecular formula is C18H14ClN3O2. The second kappa shape index (κ2) is 6.02. The Kier molecular flexibility index (Phi) is 3.70. The maximum Gasteiger partial charge on any atom is 0.246 e. The van der Waals surface area contributed by atoms with Crippen molar-refractivity contribution in [1.29, 1.82) is 0 Å². The van der Waals surface area contributed by atoms with Crippen LogP contribution in [0.4, 0.5) is 5.69 Å². The predicted octanol–water partition coefficient (Wildman–Crippen LogP) is 3.73. The highest BCUT2D eigenvalue weighted by molar-refractivity contribution is 6.33. The molecule has 0 aliphatic carbocycles. The molecule has 1 aliphatic heterocycles. The van der Waals surface area contributed by atoms with Crippen molar-refractivity contribution in [3.8, 4) is 17.0 Å². The van der Waals surface area contributed by atoms with Crippen LogP contribution < -0.4 is 10.1 Å². The highest BCUT2D eigenvalue weighted by atomic mass is 35.5. The SMILES string of the molecule is O=C(Cn1ncc2c1-c1ccccc1OC2)Nc1ccccc1Cl. The molecule has 0 unspecified atom stereocenters. The summed E-state index contributed by atoms with van der Waals surface area (Å²) in [6.45, 7) is 0.563. The average molecular weight is 340 g/mol. The Morgan fingerprint density at radius 1 is 1.21 bits per heavy atom. The van der Waals surface area contributed by atoms with Gasteiger partial charge in [-0.25, -0.2) is 0 Å². The van der Waals surface area contributed by atoms with Gasteiger partial charge in [0, 0.05) is 11.1 Å². The van der Waals surface area contributed by atoms with Gasteiger partial charge in [-0.2, -0.15) is 5.10 Å². The summed E-state index contributed by atoms with van der Waals surface area (Å²) >= 11 is 6.08. The van der Waals surface area contributed by atoms with Crippen molar-refractivity contribution < 1.29 is 9.53 Å². The molecule has 0 saturated heterocycles. The summed E-state index contributed by atoms with van der Waals surface area (Å²) < 4.78 is 7.41. The van der Waals surface area contributed by atoms with Crippen molar-refractivity contribution in [2.45, 2.75) is 13.2 Å². The maximum absolute atomic E-state index is 12.4. The third kappa shape index (κ3) is 2.63. The van der Waals surface area contributed by atoms with Gasteiger partial charge in [0.1, 0.15) is 18.9 Å². The number of ether oxygens (including phenoxy) is 1. The normalized spacial score (nSPS) is 12.0. The highest BCUT2D eigenvalue weighted by Crippen LogP contribution is 2.37. The summed E-state index contributed by atoms with van der Waals surface area (Å²) in [5.41, 5.74) is 3.43. The van der Waals surface area contributed by atoms with E-state index in [-0.39, 0.29) is 12.5 Å². The van der Waals surface area contributed by atoms with E-state index in [2.05, 4.69) is 10.4 Å². The Morgan fingerprint density at radius 2 is 2.00 bits per heavy atom. The van der Waals surface area contributed by atoms with Gasteiger partial charge in [0.05, 0.1) is 22.6 Å². The van der Waals surface area contributed by atoms with Crippen LogP contribution in [0.3, 0.4) is 0 Å². The van der Waals surface area contributed by atoms with Crippen molar-refractivity contribution in [1.82, 2.24) is 9.78 Å². The molecule has 0 spiro atoms. The number of hydrogen-bond acceptors (Lipinski definition) is 3. The van der Waals surface area contributed by atoms with Crippen LogP contribution in [0.2, 0.25) is 5.02 Å². The molecular weight excluding hydrogens is 326 g/mol. The van der Waals surface area contributed by atoms with Gasteiger partial charge in [-0.1, -0.05) is 35.9 Å². The van der Waals surface area contributed by atoms with Crippen molar-refractivity contribution >= 4 is 23.2 Å². The summed E-state index contributed by atoms with van der Waals surface area (Å²) in [4.78, 5) is 12.4. The molecule has 0 atom stereocenters. The number of rotatable bonds is 3. The van der Waals surface area contributed by atoms with Crippen LogP contribution in [-0.2, 0) is 17.9 Å². The van der Waals surface area contributed by atoms with Crippen LogP contribution >= 0.6 is 11.6 Å². The molecule has 120 valence electrons. The first-order chi connectivity index (χ1) is 11.7. The maximum atomic E-state index is 12.4. The number of nitrogens with one attached hydrogen (secondary N) is 1. The van der Waals surface area contributed by atoms with E-state index < -0.39 is 0 Å². The zero-order valence-electron chi connectivity index (χ0n) is 12.7. The number of anilines is 1. The number of benzene rings is 2. The first-order valence-corrected chi connectivity index (χ1v) is 7.91. The molecule has 1 N–H and O–H groups in total. The fourth-order valence-corrected chi connectivity index (χ4v) is 2.98. The van der Waals surface area contributed by atoms with E-state index >= 15 is 0 Å². The zero-order valence-corrected chi connectivity index (χ0v) is 13.5. The number of amides is 1. The molecule has 24 heavy (non-hydrogen) atoms. The van der Waals surface area contributed by atoms with Gasteiger partial charge in [-0.15, -0.1) is 0 Å². The molecule has 6 heteroatoms. The average Bonchev–Trinajstić information content (AvgIpc) is 3.00. The highest BCUT2D eigenvalue weighted by Gasteiger charge is 2.22. The lowest BCUT2D eigenvalue weighted by atomic mass is 10.0. The number of carbonyl (C=O) groups is 1. The number of fused-ring (bicyclic) bond motifs is 3. The van der Waals surface area contributed by atoms with Gasteiger partial charge in [0.15, 0.2) is 0 Å². The summed E-state index contributed by atoms with van der Waals surface area (Å²) in [6.07, 6.45) is 1.74. The van der Waals surface area contributed by atoms with Gasteiger partial charge in [-0.3, -0.25) is 9.48 Å². The molecule has 4 rings (SSSR count). The fourth-order valence-electron chi connectivity index (χ4n) is 2.79. The van der Waals surface area contributed by atoms with Crippen LogP contribution in [0.15, 0.2) is 54.7 Å². The van der Waals surface area contributed by atoms with E-state index in [4.69, 9.17) is 16.3 Å². The van der Waals surface area contributed by atoms with E-state index in [0.717, 1.165) is 22.6 Å². The van der Waals surface area contributed by atoms with Crippen molar-refractivity contribution in [2.24, 2.45) is 0 Å². The number of nitrogens with zero attached hydrogens (tertiary/aromatic N) is 2. The molecule has 0 radical (unpaired) electrons. The van der Waals surface area contributed by atoms with Crippen molar-refractivity contribution in [3.63, 3.8) is 0 Å². The number of halogens is 1. The molecule has 5 nitrogen and oxygen atoms in total. The molecule has 1 aliphatic rings. The van der Waals surface area contributed by atoms with Gasteiger partial charge in [0.25, 0.3) is 0 Å². The third-order valence-corrected chi connectivity index (χ3v) is 4.21. The van der Waals surface area contributed by atoms with Gasteiger partial charge in [0.2, 0.25) is 5.91 Å². The standard InChI is InChI=1S/C18H14ClN3O2/c19-14-6-2-3-7-15(14)21-17(23)10-22-18-12(9-20-22)11-24-16-8-4-1-5-13(16)18/h1-9H,10-11H2,(H,21,23). The second-order valence-electron chi connectivity index (χ2n) is 5.49. The molecule has 0 bridgehead atoms. The zero-order chi connectivity index (χ0) is 16.5. The van der Waals surface area contributed by atoms with E-state index in [0.29, 0.717) is 17.3 Å². The van der Waals surface area contributed by atoms with E-state index in [1.54, 1.807) is 23.0 Å². The smallest absolute Gasteiger partial charge is 0.246 e. The Morgan fingerprint density at radius 3 is 2.88 bits per heavy atom. The first kappa shape index (κ1) is 14.8.